The highest BCUT2D eigenvalue weighted by molar-refractivity contribution is 5.96. The van der Waals surface area contributed by atoms with Crippen molar-refractivity contribution < 1.29 is 14.6 Å². The third-order valence-corrected chi connectivity index (χ3v) is 3.71. The molecule has 4 heteroatoms. The van der Waals surface area contributed by atoms with E-state index in [1.165, 1.54) is 11.1 Å². The topological polar surface area (TPSA) is 49.8 Å². The van der Waals surface area contributed by atoms with Gasteiger partial charge in [-0.15, -0.1) is 0 Å². The molecule has 0 spiro atoms. The summed E-state index contributed by atoms with van der Waals surface area (Å²) in [5.74, 6) is -0.254. The number of fused-ring (bicyclic) bond motifs is 1. The zero-order valence-corrected chi connectivity index (χ0v) is 11.4. The Balaban J connectivity index is 1.78. The third-order valence-electron chi connectivity index (χ3n) is 3.71. The molecule has 0 bridgehead atoms. The fourth-order valence-corrected chi connectivity index (χ4v) is 2.62. The number of rotatable bonds is 3. The number of benzene rings is 1. The summed E-state index contributed by atoms with van der Waals surface area (Å²) < 4.78 is 5.00. The Morgan fingerprint density at radius 1 is 1.40 bits per heavy atom. The van der Waals surface area contributed by atoms with Gasteiger partial charge in [-0.3, -0.25) is 0 Å². The lowest BCUT2D eigenvalue weighted by atomic mass is 9.91. The monoisotopic (exact) mass is 271 g/mol. The zero-order valence-electron chi connectivity index (χ0n) is 11.4. The minimum atomic E-state index is -0.414. The SMILES string of the molecule is CCOC(=O)C1=C(O)CCN(C2=Cc3ccccc32)C1. The van der Waals surface area contributed by atoms with E-state index in [-0.39, 0.29) is 5.76 Å². The highest BCUT2D eigenvalue weighted by Crippen LogP contribution is 2.36. The molecule has 1 aromatic carbocycles. The molecule has 104 valence electrons. The molecule has 0 fully saturated rings. The molecule has 1 aliphatic carbocycles. The van der Waals surface area contributed by atoms with Crippen molar-refractivity contribution in [2.75, 3.05) is 19.7 Å². The molecule has 0 atom stereocenters. The number of nitrogens with zero attached hydrogens (tertiary/aromatic N) is 1. The summed E-state index contributed by atoms with van der Waals surface area (Å²) in [4.78, 5) is 14.0. The number of carbonyl (C=O) groups excluding carboxylic acids is 1. The van der Waals surface area contributed by atoms with Gasteiger partial charge in [-0.2, -0.15) is 0 Å². The average molecular weight is 271 g/mol. The smallest absolute Gasteiger partial charge is 0.339 e. The number of carbonyl (C=O) groups is 1. The Bertz CT molecular complexity index is 616. The third kappa shape index (κ3) is 2.07. The Kier molecular flexibility index (Phi) is 3.22. The van der Waals surface area contributed by atoms with E-state index < -0.39 is 5.97 Å². The maximum Gasteiger partial charge on any atom is 0.339 e. The lowest BCUT2D eigenvalue weighted by Crippen LogP contribution is -2.35. The normalized spacial score (nSPS) is 17.2. The molecule has 2 aliphatic rings. The number of esters is 1. The molecular weight excluding hydrogens is 254 g/mol. The van der Waals surface area contributed by atoms with Gasteiger partial charge in [-0.1, -0.05) is 24.3 Å². The van der Waals surface area contributed by atoms with Crippen LogP contribution in [-0.4, -0.2) is 35.7 Å². The van der Waals surface area contributed by atoms with Crippen molar-refractivity contribution in [2.24, 2.45) is 0 Å². The Morgan fingerprint density at radius 2 is 2.20 bits per heavy atom. The van der Waals surface area contributed by atoms with Crippen LogP contribution in [0, 0.1) is 0 Å². The number of hydrogen-bond donors (Lipinski definition) is 1. The van der Waals surface area contributed by atoms with E-state index in [0.29, 0.717) is 25.1 Å². The standard InChI is InChI=1S/C16H17NO3/c1-2-20-16(19)13-10-17(8-7-15(13)18)14-9-11-5-3-4-6-12(11)14/h3-6,9,18H,2,7-8,10H2,1H3. The molecule has 20 heavy (non-hydrogen) atoms. The van der Waals surface area contributed by atoms with Crippen LogP contribution in [0.2, 0.25) is 0 Å². The van der Waals surface area contributed by atoms with Crippen molar-refractivity contribution in [3.63, 3.8) is 0 Å². The van der Waals surface area contributed by atoms with Crippen molar-refractivity contribution in [1.82, 2.24) is 4.90 Å². The van der Waals surface area contributed by atoms with Gasteiger partial charge in [0, 0.05) is 24.2 Å². The van der Waals surface area contributed by atoms with Gasteiger partial charge in [0.1, 0.15) is 5.76 Å². The number of aliphatic hydroxyl groups excluding tert-OH is 1. The second kappa shape index (κ2) is 5.04. The first-order valence-electron chi connectivity index (χ1n) is 6.85. The molecule has 1 aliphatic heterocycles. The molecule has 1 N–H and O–H groups in total. The quantitative estimate of drug-likeness (QED) is 0.858. The Hall–Kier alpha value is -2.23. The summed E-state index contributed by atoms with van der Waals surface area (Å²) in [6.07, 6.45) is 2.59. The van der Waals surface area contributed by atoms with E-state index >= 15 is 0 Å². The van der Waals surface area contributed by atoms with Gasteiger partial charge in [-0.05, 0) is 18.6 Å². The van der Waals surface area contributed by atoms with Crippen LogP contribution in [0.15, 0.2) is 35.6 Å². The van der Waals surface area contributed by atoms with E-state index in [2.05, 4.69) is 23.1 Å². The Labute approximate surface area is 118 Å². The average Bonchev–Trinajstić information content (AvgIpc) is 2.42. The number of hydrogen-bond acceptors (Lipinski definition) is 4. The van der Waals surface area contributed by atoms with Gasteiger partial charge in [0.25, 0.3) is 0 Å². The second-order valence-corrected chi connectivity index (χ2v) is 4.93. The minimum Gasteiger partial charge on any atom is -0.512 e. The van der Waals surface area contributed by atoms with Gasteiger partial charge < -0.3 is 14.7 Å². The van der Waals surface area contributed by atoms with Crippen LogP contribution in [0.4, 0.5) is 0 Å². The first-order chi connectivity index (χ1) is 9.70. The predicted octanol–water partition coefficient (Wildman–Crippen LogP) is 2.58. The lowest BCUT2D eigenvalue weighted by molar-refractivity contribution is -0.139. The van der Waals surface area contributed by atoms with E-state index in [4.69, 9.17) is 4.74 Å². The molecule has 0 saturated carbocycles. The first kappa shape index (κ1) is 12.8. The lowest BCUT2D eigenvalue weighted by Gasteiger charge is -2.35. The van der Waals surface area contributed by atoms with Gasteiger partial charge >= 0.3 is 5.97 Å². The van der Waals surface area contributed by atoms with Gasteiger partial charge in [0.05, 0.1) is 18.7 Å². The summed E-state index contributed by atoms with van der Waals surface area (Å²) in [7, 11) is 0. The molecule has 0 saturated heterocycles. The second-order valence-electron chi connectivity index (χ2n) is 4.93. The maximum atomic E-state index is 11.8. The summed E-state index contributed by atoms with van der Waals surface area (Å²) in [5.41, 5.74) is 3.94. The van der Waals surface area contributed by atoms with Crippen molar-refractivity contribution in [1.29, 1.82) is 0 Å². The number of aliphatic hydroxyl groups is 1. The van der Waals surface area contributed by atoms with E-state index in [0.717, 1.165) is 12.2 Å². The molecule has 0 amide bonds. The molecule has 0 aromatic heterocycles. The molecule has 0 unspecified atom stereocenters. The van der Waals surface area contributed by atoms with Crippen LogP contribution in [0.25, 0.3) is 11.8 Å². The summed E-state index contributed by atoms with van der Waals surface area (Å²) >= 11 is 0. The highest BCUT2D eigenvalue weighted by Gasteiger charge is 2.29. The fourth-order valence-electron chi connectivity index (χ4n) is 2.62. The van der Waals surface area contributed by atoms with Gasteiger partial charge in [-0.25, -0.2) is 4.79 Å². The summed E-state index contributed by atoms with van der Waals surface area (Å²) in [5, 5.41) is 9.88. The molecule has 0 radical (unpaired) electrons. The molecule has 1 heterocycles. The maximum absolute atomic E-state index is 11.8. The fraction of sp³-hybridized carbons (Fsp3) is 0.312. The van der Waals surface area contributed by atoms with Gasteiger partial charge in [0.2, 0.25) is 0 Å². The number of ether oxygens (including phenoxy) is 1. The van der Waals surface area contributed by atoms with E-state index in [9.17, 15) is 9.90 Å². The first-order valence-corrected chi connectivity index (χ1v) is 6.85. The van der Waals surface area contributed by atoms with Crippen LogP contribution in [-0.2, 0) is 9.53 Å². The minimum absolute atomic E-state index is 0.160. The zero-order chi connectivity index (χ0) is 14.1. The van der Waals surface area contributed by atoms with Crippen molar-refractivity contribution >= 4 is 17.7 Å². The van der Waals surface area contributed by atoms with Gasteiger partial charge in [0.15, 0.2) is 0 Å². The highest BCUT2D eigenvalue weighted by atomic mass is 16.5. The van der Waals surface area contributed by atoms with Crippen molar-refractivity contribution in [2.45, 2.75) is 13.3 Å². The predicted molar refractivity (Wildman–Crippen MR) is 76.8 cm³/mol. The van der Waals surface area contributed by atoms with Crippen LogP contribution in [0.3, 0.4) is 0 Å². The molecule has 1 aromatic rings. The van der Waals surface area contributed by atoms with Crippen LogP contribution in [0.5, 0.6) is 0 Å². The van der Waals surface area contributed by atoms with Crippen LogP contribution < -0.4 is 0 Å². The molecule has 4 nitrogen and oxygen atoms in total. The molecular formula is C16H17NO3. The molecule has 3 rings (SSSR count). The van der Waals surface area contributed by atoms with E-state index in [1.54, 1.807) is 6.92 Å². The van der Waals surface area contributed by atoms with Crippen molar-refractivity contribution in [3.05, 3.63) is 46.7 Å². The Morgan fingerprint density at radius 3 is 2.95 bits per heavy atom. The van der Waals surface area contributed by atoms with Crippen LogP contribution in [0.1, 0.15) is 24.5 Å². The van der Waals surface area contributed by atoms with Crippen molar-refractivity contribution in [3.8, 4) is 0 Å². The summed E-state index contributed by atoms with van der Waals surface area (Å²) in [6, 6.07) is 8.17. The summed E-state index contributed by atoms with van der Waals surface area (Å²) in [6.45, 7) is 3.21. The van der Waals surface area contributed by atoms with E-state index in [1.807, 2.05) is 12.1 Å². The largest absolute Gasteiger partial charge is 0.512 e. The van der Waals surface area contributed by atoms with Crippen LogP contribution >= 0.6 is 0 Å².